The molecule has 1 heteroatoms. The van der Waals surface area contributed by atoms with Crippen molar-refractivity contribution in [2.24, 2.45) is 0 Å². The van der Waals surface area contributed by atoms with E-state index in [-0.39, 0.29) is 0 Å². The third-order valence-electron chi connectivity index (χ3n) is 4.95. The normalized spacial score (nSPS) is 18.3. The molecule has 1 aliphatic heterocycles. The van der Waals surface area contributed by atoms with Gasteiger partial charge in [-0.25, -0.2) is 0 Å². The van der Waals surface area contributed by atoms with E-state index in [1.807, 2.05) is 0 Å². The molecule has 0 bridgehead atoms. The Kier molecular flexibility index (Phi) is 6.41. The quantitative estimate of drug-likeness (QED) is 0.611. The largest absolute Gasteiger partial charge is 0.292 e. The first kappa shape index (κ1) is 17.7. The Morgan fingerprint density at radius 1 is 1.13 bits per heavy atom. The molecule has 0 aliphatic carbocycles. The van der Waals surface area contributed by atoms with Crippen molar-refractivity contribution in [2.45, 2.75) is 53.0 Å². The minimum atomic E-state index is 0.304. The van der Waals surface area contributed by atoms with Crippen molar-refractivity contribution in [3.05, 3.63) is 70.8 Å². The predicted octanol–water partition coefficient (Wildman–Crippen LogP) is 5.91. The van der Waals surface area contributed by atoms with Crippen molar-refractivity contribution in [1.29, 1.82) is 0 Å². The maximum atomic E-state index is 4.50. The van der Waals surface area contributed by atoms with Crippen LogP contribution in [0.5, 0.6) is 0 Å². The van der Waals surface area contributed by atoms with Gasteiger partial charge in [-0.1, -0.05) is 49.4 Å². The highest BCUT2D eigenvalue weighted by atomic mass is 15.2. The van der Waals surface area contributed by atoms with E-state index in [0.29, 0.717) is 6.04 Å². The van der Waals surface area contributed by atoms with Crippen LogP contribution >= 0.6 is 0 Å². The summed E-state index contributed by atoms with van der Waals surface area (Å²) in [5.74, 6) is 0. The van der Waals surface area contributed by atoms with Gasteiger partial charge in [-0.15, -0.1) is 0 Å². The highest BCUT2D eigenvalue weighted by molar-refractivity contribution is 5.45. The van der Waals surface area contributed by atoms with E-state index in [1.54, 1.807) is 0 Å². The van der Waals surface area contributed by atoms with Gasteiger partial charge in [0.15, 0.2) is 0 Å². The Hall–Kier alpha value is -1.60. The number of piperidine rings is 1. The predicted molar refractivity (Wildman–Crippen MR) is 102 cm³/mol. The summed E-state index contributed by atoms with van der Waals surface area (Å²) in [5.41, 5.74) is 6.72. The fraction of sp³-hybridized carbons (Fsp3) is 0.455. The van der Waals surface area contributed by atoms with Gasteiger partial charge >= 0.3 is 0 Å². The molecule has 1 aromatic carbocycles. The lowest BCUT2D eigenvalue weighted by atomic mass is 9.86. The second-order valence-electron chi connectivity index (χ2n) is 6.71. The molecule has 1 unspecified atom stereocenters. The summed E-state index contributed by atoms with van der Waals surface area (Å²) < 4.78 is 0. The molecule has 124 valence electrons. The van der Waals surface area contributed by atoms with Crippen LogP contribution in [-0.4, -0.2) is 18.0 Å². The summed E-state index contributed by atoms with van der Waals surface area (Å²) in [5, 5.41) is 0. The van der Waals surface area contributed by atoms with Gasteiger partial charge in [0.1, 0.15) is 0 Å². The Bertz CT molecular complexity index is 580. The molecule has 1 fully saturated rings. The van der Waals surface area contributed by atoms with Crippen LogP contribution < -0.4 is 0 Å². The second kappa shape index (κ2) is 8.31. The van der Waals surface area contributed by atoms with Crippen molar-refractivity contribution in [3.63, 3.8) is 0 Å². The maximum Gasteiger partial charge on any atom is 0.0603 e. The molecule has 2 rings (SSSR count). The van der Waals surface area contributed by atoms with Gasteiger partial charge in [0.05, 0.1) is 6.04 Å². The van der Waals surface area contributed by atoms with E-state index in [1.165, 1.54) is 60.2 Å². The summed E-state index contributed by atoms with van der Waals surface area (Å²) in [6.07, 6.45) is 10.3. The molecular weight excluding hydrogens is 278 g/mol. The third-order valence-corrected chi connectivity index (χ3v) is 4.95. The van der Waals surface area contributed by atoms with Crippen LogP contribution in [0.4, 0.5) is 0 Å². The van der Waals surface area contributed by atoms with Gasteiger partial charge in [-0.3, -0.25) is 4.90 Å². The molecule has 0 amide bonds. The molecule has 0 aromatic heterocycles. The van der Waals surface area contributed by atoms with E-state index in [2.05, 4.69) is 75.6 Å². The van der Waals surface area contributed by atoms with Gasteiger partial charge in [-0.2, -0.15) is 0 Å². The fourth-order valence-electron chi connectivity index (χ4n) is 3.58. The molecule has 23 heavy (non-hydrogen) atoms. The minimum Gasteiger partial charge on any atom is -0.292 e. The Morgan fingerprint density at radius 3 is 2.30 bits per heavy atom. The summed E-state index contributed by atoms with van der Waals surface area (Å²) >= 11 is 0. The summed E-state index contributed by atoms with van der Waals surface area (Å²) in [6.45, 7) is 15.6. The first-order valence-electron chi connectivity index (χ1n) is 8.85. The smallest absolute Gasteiger partial charge is 0.0603 e. The molecule has 1 aromatic rings. The molecule has 1 nitrogen and oxygen atoms in total. The Balaban J connectivity index is 2.45. The van der Waals surface area contributed by atoms with E-state index >= 15 is 0 Å². The van der Waals surface area contributed by atoms with Crippen LogP contribution in [0.1, 0.15) is 55.8 Å². The average Bonchev–Trinajstić information content (AvgIpc) is 2.56. The van der Waals surface area contributed by atoms with E-state index < -0.39 is 0 Å². The van der Waals surface area contributed by atoms with Crippen molar-refractivity contribution in [3.8, 4) is 0 Å². The third kappa shape index (κ3) is 4.23. The summed E-state index contributed by atoms with van der Waals surface area (Å²) in [7, 11) is 0. The van der Waals surface area contributed by atoms with Gasteiger partial charge in [-0.05, 0) is 81.5 Å². The van der Waals surface area contributed by atoms with Crippen LogP contribution in [0, 0.1) is 13.8 Å². The zero-order valence-corrected chi connectivity index (χ0v) is 15.2. The Labute approximate surface area is 142 Å². The van der Waals surface area contributed by atoms with Gasteiger partial charge in [0.2, 0.25) is 0 Å². The van der Waals surface area contributed by atoms with Crippen molar-refractivity contribution < 1.29 is 0 Å². The zero-order valence-electron chi connectivity index (χ0n) is 15.2. The highest BCUT2D eigenvalue weighted by Crippen LogP contribution is 2.37. The maximum absolute atomic E-state index is 4.50. The monoisotopic (exact) mass is 309 g/mol. The number of likely N-dealkylation sites (tertiary alicyclic amines) is 1. The number of benzene rings is 1. The molecule has 1 aliphatic rings. The lowest BCUT2D eigenvalue weighted by Gasteiger charge is -2.38. The molecule has 1 atom stereocenters. The van der Waals surface area contributed by atoms with E-state index in [4.69, 9.17) is 0 Å². The minimum absolute atomic E-state index is 0.304. The molecule has 0 spiro atoms. The first-order valence-corrected chi connectivity index (χ1v) is 8.85. The van der Waals surface area contributed by atoms with Crippen LogP contribution in [0.2, 0.25) is 0 Å². The number of rotatable bonds is 5. The zero-order chi connectivity index (χ0) is 16.8. The van der Waals surface area contributed by atoms with Crippen molar-refractivity contribution in [2.75, 3.05) is 13.1 Å². The molecule has 1 saturated heterocycles. The second-order valence-corrected chi connectivity index (χ2v) is 6.71. The van der Waals surface area contributed by atoms with E-state index in [0.717, 1.165) is 0 Å². The lowest BCUT2D eigenvalue weighted by Crippen LogP contribution is -2.35. The van der Waals surface area contributed by atoms with Crippen LogP contribution in [0.3, 0.4) is 0 Å². The van der Waals surface area contributed by atoms with Crippen LogP contribution in [-0.2, 0) is 0 Å². The van der Waals surface area contributed by atoms with Gasteiger partial charge in [0, 0.05) is 0 Å². The molecule has 0 N–H and O–H groups in total. The van der Waals surface area contributed by atoms with Crippen molar-refractivity contribution >= 4 is 0 Å². The topological polar surface area (TPSA) is 3.24 Å². The molecule has 0 saturated carbocycles. The van der Waals surface area contributed by atoms with Gasteiger partial charge < -0.3 is 0 Å². The molecule has 1 heterocycles. The average molecular weight is 309 g/mol. The number of aryl methyl sites for hydroxylation is 2. The SMILES string of the molecule is C=C(/C(C)=C\C=C/C)C(c1c(C)cccc1C)N1CCCCC1. The number of hydrogen-bond acceptors (Lipinski definition) is 1. The van der Waals surface area contributed by atoms with Gasteiger partial charge in [0.25, 0.3) is 0 Å². The van der Waals surface area contributed by atoms with Crippen LogP contribution in [0.15, 0.2) is 54.2 Å². The Morgan fingerprint density at radius 2 is 1.74 bits per heavy atom. The van der Waals surface area contributed by atoms with Crippen molar-refractivity contribution in [1.82, 2.24) is 4.90 Å². The summed E-state index contributed by atoms with van der Waals surface area (Å²) in [4.78, 5) is 2.63. The fourth-order valence-corrected chi connectivity index (χ4v) is 3.58. The summed E-state index contributed by atoms with van der Waals surface area (Å²) in [6, 6.07) is 6.93. The molecular formula is C22H31N. The first-order chi connectivity index (χ1) is 11.1. The molecule has 0 radical (unpaired) electrons. The highest BCUT2D eigenvalue weighted by Gasteiger charge is 2.27. The number of hydrogen-bond donors (Lipinski definition) is 0. The lowest BCUT2D eigenvalue weighted by molar-refractivity contribution is 0.185. The number of allylic oxidation sites excluding steroid dienone is 3. The standard InChI is InChI=1S/C22H31N/c1-6-7-12-17(2)20(5)22(23-15-9-8-10-16-23)21-18(3)13-11-14-19(21)4/h6-7,11-14,22H,5,8-10,15-16H2,1-4H3/b7-6-,17-12-. The van der Waals surface area contributed by atoms with E-state index in [9.17, 15) is 0 Å². The number of nitrogens with zero attached hydrogens (tertiary/aromatic N) is 1. The van der Waals surface area contributed by atoms with Crippen LogP contribution in [0.25, 0.3) is 0 Å².